The zero-order valence-electron chi connectivity index (χ0n) is 11.0. The van der Waals surface area contributed by atoms with Gasteiger partial charge in [0.25, 0.3) is 0 Å². The Hall–Kier alpha value is -1.26. The molecule has 0 saturated heterocycles. The van der Waals surface area contributed by atoms with Crippen LogP contribution in [-0.2, 0) is 4.79 Å². The lowest BCUT2D eigenvalue weighted by atomic mass is 10.2. The van der Waals surface area contributed by atoms with Crippen LogP contribution in [0, 0.1) is 6.92 Å². The summed E-state index contributed by atoms with van der Waals surface area (Å²) in [6.07, 6.45) is 0.431. The molecule has 0 aromatic heterocycles. The van der Waals surface area contributed by atoms with Gasteiger partial charge in [-0.05, 0) is 38.6 Å². The first kappa shape index (κ1) is 14.8. The van der Waals surface area contributed by atoms with Crippen LogP contribution in [0.1, 0.15) is 18.9 Å². The molecule has 0 spiro atoms. The van der Waals surface area contributed by atoms with E-state index in [1.54, 1.807) is 6.07 Å². The highest BCUT2D eigenvalue weighted by Gasteiger charge is 2.09. The minimum absolute atomic E-state index is 0.0346. The average Bonchev–Trinajstić information content (AvgIpc) is 2.33. The molecule has 2 N–H and O–H groups in total. The lowest BCUT2D eigenvalue weighted by molar-refractivity contribution is -0.116. The number of carbonyl (C=O) groups excluding carboxylic acids is 1. The van der Waals surface area contributed by atoms with Gasteiger partial charge in [0.2, 0.25) is 5.91 Å². The Morgan fingerprint density at radius 3 is 2.78 bits per heavy atom. The van der Waals surface area contributed by atoms with Gasteiger partial charge < -0.3 is 15.4 Å². The molecule has 0 aliphatic heterocycles. The monoisotopic (exact) mass is 270 g/mol. The van der Waals surface area contributed by atoms with Gasteiger partial charge in [0, 0.05) is 18.7 Å². The largest absolute Gasteiger partial charge is 0.492 e. The Morgan fingerprint density at radius 2 is 2.17 bits per heavy atom. The second-order valence-electron chi connectivity index (χ2n) is 3.93. The molecule has 1 amide bonds. The first-order valence-electron chi connectivity index (χ1n) is 5.95. The van der Waals surface area contributed by atoms with Crippen LogP contribution in [0.25, 0.3) is 0 Å². The lowest BCUT2D eigenvalue weighted by Crippen LogP contribution is -2.19. The fourth-order valence-corrected chi connectivity index (χ4v) is 1.73. The summed E-state index contributed by atoms with van der Waals surface area (Å²) in [5, 5.41) is 6.27. The summed E-state index contributed by atoms with van der Waals surface area (Å²) in [5.41, 5.74) is 1.66. The molecule has 18 heavy (non-hydrogen) atoms. The van der Waals surface area contributed by atoms with E-state index >= 15 is 0 Å². The molecule has 4 nitrogen and oxygen atoms in total. The molecule has 0 bridgehead atoms. The second kappa shape index (κ2) is 7.24. The van der Waals surface area contributed by atoms with Crippen LogP contribution in [0.15, 0.2) is 12.1 Å². The molecular weight excluding hydrogens is 252 g/mol. The summed E-state index contributed by atoms with van der Waals surface area (Å²) in [5.74, 6) is 0.609. The highest BCUT2D eigenvalue weighted by molar-refractivity contribution is 6.32. The normalized spacial score (nSPS) is 10.2. The van der Waals surface area contributed by atoms with E-state index in [0.29, 0.717) is 30.3 Å². The summed E-state index contributed by atoms with van der Waals surface area (Å²) in [7, 11) is 1.81. The van der Waals surface area contributed by atoms with E-state index in [1.807, 2.05) is 27.0 Å². The quantitative estimate of drug-likeness (QED) is 0.835. The number of hydrogen-bond acceptors (Lipinski definition) is 3. The van der Waals surface area contributed by atoms with Crippen LogP contribution in [0.2, 0.25) is 5.02 Å². The van der Waals surface area contributed by atoms with Crippen LogP contribution in [-0.4, -0.2) is 26.1 Å². The minimum Gasteiger partial charge on any atom is -0.492 e. The smallest absolute Gasteiger partial charge is 0.225 e. The van der Waals surface area contributed by atoms with Crippen molar-refractivity contribution in [2.75, 3.05) is 25.5 Å². The maximum absolute atomic E-state index is 11.6. The van der Waals surface area contributed by atoms with E-state index in [2.05, 4.69) is 10.6 Å². The molecule has 0 saturated carbocycles. The van der Waals surface area contributed by atoms with Crippen LogP contribution in [0.5, 0.6) is 5.75 Å². The van der Waals surface area contributed by atoms with Crippen LogP contribution in [0.4, 0.5) is 5.69 Å². The Labute approximate surface area is 113 Å². The number of rotatable bonds is 6. The number of nitrogens with one attached hydrogen (secondary N) is 2. The summed E-state index contributed by atoms with van der Waals surface area (Å²) < 4.78 is 5.39. The molecule has 0 unspecified atom stereocenters. The van der Waals surface area contributed by atoms with Crippen molar-refractivity contribution in [3.05, 3.63) is 22.7 Å². The van der Waals surface area contributed by atoms with Crippen LogP contribution < -0.4 is 15.4 Å². The van der Waals surface area contributed by atoms with E-state index in [1.165, 1.54) is 0 Å². The van der Waals surface area contributed by atoms with Gasteiger partial charge >= 0.3 is 0 Å². The van der Waals surface area contributed by atoms with Gasteiger partial charge in [-0.2, -0.15) is 0 Å². The molecule has 5 heteroatoms. The highest BCUT2D eigenvalue weighted by atomic mass is 35.5. The van der Waals surface area contributed by atoms with E-state index < -0.39 is 0 Å². The molecule has 0 aliphatic carbocycles. The number of carbonyl (C=O) groups is 1. The number of hydrogen-bond donors (Lipinski definition) is 2. The number of ether oxygens (including phenoxy) is 1. The third-order valence-electron chi connectivity index (χ3n) is 2.45. The van der Waals surface area contributed by atoms with Crippen molar-refractivity contribution in [3.8, 4) is 5.75 Å². The molecule has 1 aromatic carbocycles. The van der Waals surface area contributed by atoms with Crippen molar-refractivity contribution in [1.29, 1.82) is 0 Å². The molecule has 0 radical (unpaired) electrons. The Bertz CT molecular complexity index is 422. The molecule has 1 aromatic rings. The topological polar surface area (TPSA) is 50.4 Å². The zero-order chi connectivity index (χ0) is 13.5. The van der Waals surface area contributed by atoms with Crippen molar-refractivity contribution < 1.29 is 9.53 Å². The zero-order valence-corrected chi connectivity index (χ0v) is 11.7. The Balaban J connectivity index is 2.78. The molecule has 100 valence electrons. The highest BCUT2D eigenvalue weighted by Crippen LogP contribution is 2.30. The average molecular weight is 271 g/mol. The minimum atomic E-state index is -0.0346. The van der Waals surface area contributed by atoms with Crippen molar-refractivity contribution in [1.82, 2.24) is 5.32 Å². The van der Waals surface area contributed by atoms with Crippen molar-refractivity contribution in [3.63, 3.8) is 0 Å². The number of aryl methyl sites for hydroxylation is 1. The van der Waals surface area contributed by atoms with E-state index in [0.717, 1.165) is 11.3 Å². The maximum atomic E-state index is 11.6. The lowest BCUT2D eigenvalue weighted by Gasteiger charge is -2.12. The summed E-state index contributed by atoms with van der Waals surface area (Å²) >= 11 is 6.08. The van der Waals surface area contributed by atoms with Gasteiger partial charge in [-0.15, -0.1) is 0 Å². The third kappa shape index (κ3) is 4.20. The molecule has 1 rings (SSSR count). The van der Waals surface area contributed by atoms with Gasteiger partial charge in [0.05, 0.1) is 11.6 Å². The fraction of sp³-hybridized carbons (Fsp3) is 0.462. The van der Waals surface area contributed by atoms with E-state index in [-0.39, 0.29) is 5.91 Å². The molecule has 0 heterocycles. The van der Waals surface area contributed by atoms with Crippen LogP contribution in [0.3, 0.4) is 0 Å². The van der Waals surface area contributed by atoms with Crippen molar-refractivity contribution >= 4 is 23.2 Å². The first-order valence-corrected chi connectivity index (χ1v) is 6.33. The van der Waals surface area contributed by atoms with Gasteiger partial charge in [0.1, 0.15) is 5.75 Å². The second-order valence-corrected chi connectivity index (χ2v) is 4.34. The Kier molecular flexibility index (Phi) is 5.95. The predicted molar refractivity (Wildman–Crippen MR) is 74.5 cm³/mol. The molecule has 0 atom stereocenters. The summed E-state index contributed by atoms with van der Waals surface area (Å²) in [6.45, 7) is 5.02. The number of halogens is 1. The van der Waals surface area contributed by atoms with Crippen LogP contribution >= 0.6 is 11.6 Å². The van der Waals surface area contributed by atoms with Crippen molar-refractivity contribution in [2.24, 2.45) is 0 Å². The predicted octanol–water partition coefficient (Wildman–Crippen LogP) is 2.60. The molecule has 0 aliphatic rings. The standard InChI is InChI=1S/C13H19ClN2O2/c1-4-18-12-7-9(2)11(8-10(12)14)16-13(17)5-6-15-3/h7-8,15H,4-6H2,1-3H3,(H,16,17). The first-order chi connectivity index (χ1) is 8.58. The van der Waals surface area contributed by atoms with Crippen molar-refractivity contribution in [2.45, 2.75) is 20.3 Å². The van der Waals surface area contributed by atoms with Gasteiger partial charge in [-0.25, -0.2) is 0 Å². The SMILES string of the molecule is CCOc1cc(C)c(NC(=O)CCNC)cc1Cl. The Morgan fingerprint density at radius 1 is 1.44 bits per heavy atom. The molecular formula is C13H19ClN2O2. The van der Waals surface area contributed by atoms with Gasteiger partial charge in [0.15, 0.2) is 0 Å². The number of amides is 1. The van der Waals surface area contributed by atoms with E-state index in [4.69, 9.17) is 16.3 Å². The summed E-state index contributed by atoms with van der Waals surface area (Å²) in [6, 6.07) is 3.55. The number of anilines is 1. The van der Waals surface area contributed by atoms with E-state index in [9.17, 15) is 4.79 Å². The van der Waals surface area contributed by atoms with Gasteiger partial charge in [-0.3, -0.25) is 4.79 Å². The maximum Gasteiger partial charge on any atom is 0.225 e. The summed E-state index contributed by atoms with van der Waals surface area (Å²) in [4.78, 5) is 11.6. The fourth-order valence-electron chi connectivity index (χ4n) is 1.51. The van der Waals surface area contributed by atoms with Gasteiger partial charge in [-0.1, -0.05) is 11.6 Å². The third-order valence-corrected chi connectivity index (χ3v) is 2.75. The molecule has 0 fully saturated rings. The number of benzene rings is 1.